The molecule has 1 aromatic heterocycles. The molecule has 2 atom stereocenters. The zero-order valence-corrected chi connectivity index (χ0v) is 17.0. The van der Waals surface area contributed by atoms with Crippen LogP contribution in [0.3, 0.4) is 0 Å². The lowest BCUT2D eigenvalue weighted by Gasteiger charge is -2.16. The number of amides is 3. The van der Waals surface area contributed by atoms with Crippen LogP contribution >= 0.6 is 0 Å². The maximum Gasteiger partial charge on any atom is 0.315 e. The van der Waals surface area contributed by atoms with Gasteiger partial charge in [0.2, 0.25) is 0 Å². The van der Waals surface area contributed by atoms with Crippen molar-refractivity contribution in [1.29, 1.82) is 0 Å². The molecule has 0 unspecified atom stereocenters. The molecule has 6 nitrogen and oxygen atoms in total. The third kappa shape index (κ3) is 5.15. The Kier molecular flexibility index (Phi) is 6.07. The van der Waals surface area contributed by atoms with Crippen LogP contribution in [0.5, 0.6) is 0 Å². The standard InChI is InChI=1S/C22H29N3O3/c1-14(2)24-22(27)23-12-16-5-7-17(8-6-16)21(26)25(4)13-18-9-10-20(28-18)19-11-15(19)3/h5-10,14-15,19H,11-13H2,1-4H3,(H2,23,24,27)/t15-,19+/m1/s1. The van der Waals surface area contributed by atoms with Crippen LogP contribution in [-0.4, -0.2) is 29.9 Å². The number of carbonyl (C=O) groups is 2. The van der Waals surface area contributed by atoms with Gasteiger partial charge in [0.15, 0.2) is 0 Å². The normalized spacial score (nSPS) is 18.0. The van der Waals surface area contributed by atoms with Crippen LogP contribution in [0.2, 0.25) is 0 Å². The summed E-state index contributed by atoms with van der Waals surface area (Å²) in [4.78, 5) is 26.0. The summed E-state index contributed by atoms with van der Waals surface area (Å²) in [5.74, 6) is 3.01. The number of benzene rings is 1. The quantitative estimate of drug-likeness (QED) is 0.762. The van der Waals surface area contributed by atoms with E-state index in [1.807, 2.05) is 38.1 Å². The first kappa shape index (κ1) is 20.0. The summed E-state index contributed by atoms with van der Waals surface area (Å²) in [7, 11) is 1.77. The summed E-state index contributed by atoms with van der Waals surface area (Å²) < 4.78 is 5.90. The molecule has 150 valence electrons. The van der Waals surface area contributed by atoms with Gasteiger partial charge in [0.1, 0.15) is 11.5 Å². The van der Waals surface area contributed by atoms with Crippen molar-refractivity contribution in [2.24, 2.45) is 5.92 Å². The van der Waals surface area contributed by atoms with Gasteiger partial charge in [0.25, 0.3) is 5.91 Å². The number of hydrogen-bond acceptors (Lipinski definition) is 3. The monoisotopic (exact) mass is 383 g/mol. The summed E-state index contributed by atoms with van der Waals surface area (Å²) >= 11 is 0. The number of rotatable bonds is 7. The summed E-state index contributed by atoms with van der Waals surface area (Å²) in [6, 6.07) is 11.2. The Morgan fingerprint density at radius 2 is 1.86 bits per heavy atom. The van der Waals surface area contributed by atoms with E-state index in [0.29, 0.717) is 30.5 Å². The molecule has 3 rings (SSSR count). The van der Waals surface area contributed by atoms with Gasteiger partial charge < -0.3 is 20.0 Å². The van der Waals surface area contributed by atoms with Gasteiger partial charge in [-0.25, -0.2) is 4.79 Å². The van der Waals surface area contributed by atoms with Gasteiger partial charge >= 0.3 is 6.03 Å². The maximum absolute atomic E-state index is 12.7. The van der Waals surface area contributed by atoms with Crippen molar-refractivity contribution in [3.05, 3.63) is 59.0 Å². The SMILES string of the molecule is CC(C)NC(=O)NCc1ccc(C(=O)N(C)Cc2ccc([C@H]3C[C@H]3C)o2)cc1. The lowest BCUT2D eigenvalue weighted by Crippen LogP contribution is -2.39. The first-order chi connectivity index (χ1) is 13.3. The fraction of sp³-hybridized carbons (Fsp3) is 0.455. The van der Waals surface area contributed by atoms with Gasteiger partial charge in [-0.2, -0.15) is 0 Å². The third-order valence-corrected chi connectivity index (χ3v) is 4.97. The minimum absolute atomic E-state index is 0.0604. The summed E-state index contributed by atoms with van der Waals surface area (Å²) in [5.41, 5.74) is 1.55. The fourth-order valence-corrected chi connectivity index (χ4v) is 3.18. The maximum atomic E-state index is 12.7. The van der Waals surface area contributed by atoms with E-state index in [1.54, 1.807) is 24.1 Å². The van der Waals surface area contributed by atoms with E-state index in [2.05, 4.69) is 17.6 Å². The van der Waals surface area contributed by atoms with E-state index in [9.17, 15) is 9.59 Å². The molecular formula is C22H29N3O3. The van der Waals surface area contributed by atoms with E-state index in [0.717, 1.165) is 17.1 Å². The highest BCUT2D eigenvalue weighted by atomic mass is 16.3. The van der Waals surface area contributed by atoms with Crippen molar-refractivity contribution in [3.8, 4) is 0 Å². The Labute approximate surface area is 166 Å². The van der Waals surface area contributed by atoms with Crippen LogP contribution in [0.15, 0.2) is 40.8 Å². The van der Waals surface area contributed by atoms with Gasteiger partial charge in [-0.05, 0) is 56.0 Å². The molecule has 1 fully saturated rings. The Balaban J connectivity index is 1.52. The first-order valence-corrected chi connectivity index (χ1v) is 9.81. The molecule has 0 saturated heterocycles. The first-order valence-electron chi connectivity index (χ1n) is 9.81. The van der Waals surface area contributed by atoms with Gasteiger partial charge in [-0.15, -0.1) is 0 Å². The zero-order valence-electron chi connectivity index (χ0n) is 17.0. The summed E-state index contributed by atoms with van der Waals surface area (Å²) in [6.07, 6.45) is 1.18. The van der Waals surface area contributed by atoms with E-state index in [4.69, 9.17) is 4.42 Å². The average Bonchev–Trinajstić information content (AvgIpc) is 3.20. The lowest BCUT2D eigenvalue weighted by atomic mass is 10.1. The molecule has 0 radical (unpaired) electrons. The second kappa shape index (κ2) is 8.50. The van der Waals surface area contributed by atoms with Crippen molar-refractivity contribution in [2.45, 2.75) is 52.2 Å². The van der Waals surface area contributed by atoms with Gasteiger partial charge in [-0.3, -0.25) is 4.79 Å². The van der Waals surface area contributed by atoms with E-state index in [1.165, 1.54) is 6.42 Å². The molecule has 0 bridgehead atoms. The summed E-state index contributed by atoms with van der Waals surface area (Å²) in [6.45, 7) is 6.90. The van der Waals surface area contributed by atoms with Crippen LogP contribution < -0.4 is 10.6 Å². The highest BCUT2D eigenvalue weighted by Gasteiger charge is 2.36. The zero-order chi connectivity index (χ0) is 20.3. The molecule has 1 heterocycles. The van der Waals surface area contributed by atoms with Crippen LogP contribution in [-0.2, 0) is 13.1 Å². The van der Waals surface area contributed by atoms with Gasteiger partial charge in [-0.1, -0.05) is 19.1 Å². The average molecular weight is 383 g/mol. The van der Waals surface area contributed by atoms with Crippen molar-refractivity contribution < 1.29 is 14.0 Å². The van der Waals surface area contributed by atoms with Crippen molar-refractivity contribution in [2.75, 3.05) is 7.05 Å². The largest absolute Gasteiger partial charge is 0.464 e. The minimum Gasteiger partial charge on any atom is -0.464 e. The highest BCUT2D eigenvalue weighted by Crippen LogP contribution is 2.47. The Bertz CT molecular complexity index is 826. The van der Waals surface area contributed by atoms with E-state index < -0.39 is 0 Å². The number of carbonyl (C=O) groups excluding carboxylic acids is 2. The van der Waals surface area contributed by atoms with Crippen LogP contribution in [0.1, 0.15) is 60.6 Å². The second-order valence-electron chi connectivity index (χ2n) is 7.96. The number of urea groups is 1. The van der Waals surface area contributed by atoms with Crippen molar-refractivity contribution >= 4 is 11.9 Å². The Morgan fingerprint density at radius 1 is 1.18 bits per heavy atom. The third-order valence-electron chi connectivity index (χ3n) is 4.97. The highest BCUT2D eigenvalue weighted by molar-refractivity contribution is 5.94. The molecule has 2 aromatic rings. The minimum atomic E-state index is -0.201. The van der Waals surface area contributed by atoms with Gasteiger partial charge in [0, 0.05) is 31.1 Å². The number of nitrogens with zero attached hydrogens (tertiary/aromatic N) is 1. The molecule has 0 spiro atoms. The molecule has 1 aliphatic carbocycles. The predicted octanol–water partition coefficient (Wildman–Crippen LogP) is 3.88. The van der Waals surface area contributed by atoms with Crippen LogP contribution in [0.25, 0.3) is 0 Å². The molecule has 1 saturated carbocycles. The molecule has 28 heavy (non-hydrogen) atoms. The topological polar surface area (TPSA) is 74.6 Å². The predicted molar refractivity (Wildman–Crippen MR) is 108 cm³/mol. The number of hydrogen-bond donors (Lipinski definition) is 2. The molecule has 1 aromatic carbocycles. The van der Waals surface area contributed by atoms with Crippen LogP contribution in [0, 0.1) is 5.92 Å². The molecule has 6 heteroatoms. The van der Waals surface area contributed by atoms with Crippen LogP contribution in [0.4, 0.5) is 4.79 Å². The molecule has 2 N–H and O–H groups in total. The number of nitrogens with one attached hydrogen (secondary N) is 2. The molecular weight excluding hydrogens is 354 g/mol. The van der Waals surface area contributed by atoms with E-state index >= 15 is 0 Å². The Morgan fingerprint density at radius 3 is 2.46 bits per heavy atom. The fourth-order valence-electron chi connectivity index (χ4n) is 3.18. The van der Waals surface area contributed by atoms with Crippen molar-refractivity contribution in [3.63, 3.8) is 0 Å². The molecule has 1 aliphatic rings. The van der Waals surface area contributed by atoms with Crippen molar-refractivity contribution in [1.82, 2.24) is 15.5 Å². The van der Waals surface area contributed by atoms with Gasteiger partial charge in [0.05, 0.1) is 6.54 Å². The van der Waals surface area contributed by atoms with E-state index in [-0.39, 0.29) is 18.0 Å². The second-order valence-corrected chi connectivity index (χ2v) is 7.96. The number of furan rings is 1. The summed E-state index contributed by atoms with van der Waals surface area (Å²) in [5, 5.41) is 5.57. The lowest BCUT2D eigenvalue weighted by molar-refractivity contribution is 0.0774. The Hall–Kier alpha value is -2.76. The molecule has 3 amide bonds. The smallest absolute Gasteiger partial charge is 0.315 e. The molecule has 0 aliphatic heterocycles.